The molecule has 33 heavy (non-hydrogen) atoms. The molecular weight excluding hydrogens is 424 g/mol. The van der Waals surface area contributed by atoms with Gasteiger partial charge in [0, 0.05) is 5.56 Å². The number of aromatic carboxylic acids is 1. The average molecular weight is 446 g/mol. The van der Waals surface area contributed by atoms with Crippen LogP contribution in [0.5, 0.6) is 11.5 Å². The minimum absolute atomic E-state index is 0.0684. The molecule has 2 amide bonds. The maximum absolute atomic E-state index is 13.1. The van der Waals surface area contributed by atoms with E-state index in [4.69, 9.17) is 9.47 Å². The lowest BCUT2D eigenvalue weighted by molar-refractivity contribution is -0.113. The molecule has 8 heteroatoms. The summed E-state index contributed by atoms with van der Waals surface area (Å²) >= 11 is 0. The van der Waals surface area contributed by atoms with Crippen LogP contribution in [0.2, 0.25) is 0 Å². The van der Waals surface area contributed by atoms with Crippen molar-refractivity contribution in [1.82, 2.24) is 5.32 Å². The Labute approximate surface area is 190 Å². The Morgan fingerprint density at radius 3 is 1.97 bits per heavy atom. The van der Waals surface area contributed by atoms with Gasteiger partial charge in [-0.15, -0.1) is 0 Å². The smallest absolute Gasteiger partial charge is 0.337 e. The summed E-state index contributed by atoms with van der Waals surface area (Å²) in [6.45, 7) is 0. The fourth-order valence-electron chi connectivity index (χ4n) is 2.93. The molecule has 0 spiro atoms. The second kappa shape index (κ2) is 10.6. The molecule has 0 saturated carbocycles. The molecule has 0 aliphatic heterocycles. The van der Waals surface area contributed by atoms with Crippen molar-refractivity contribution >= 4 is 29.5 Å². The minimum atomic E-state index is -1.19. The molecule has 0 atom stereocenters. The minimum Gasteiger partial charge on any atom is -0.497 e. The zero-order valence-corrected chi connectivity index (χ0v) is 18.0. The highest BCUT2D eigenvalue weighted by Gasteiger charge is 2.18. The number of hydrogen-bond donors (Lipinski definition) is 3. The van der Waals surface area contributed by atoms with E-state index < -0.39 is 17.8 Å². The Bertz CT molecular complexity index is 1180. The number of hydrogen-bond acceptors (Lipinski definition) is 5. The highest BCUT2D eigenvalue weighted by molar-refractivity contribution is 6.12. The van der Waals surface area contributed by atoms with E-state index in [0.717, 1.165) is 0 Å². The Morgan fingerprint density at radius 2 is 1.39 bits per heavy atom. The normalized spacial score (nSPS) is 10.8. The van der Waals surface area contributed by atoms with E-state index in [2.05, 4.69) is 10.6 Å². The fraction of sp³-hybridized carbons (Fsp3) is 0.0800. The van der Waals surface area contributed by atoms with Crippen molar-refractivity contribution in [2.45, 2.75) is 0 Å². The van der Waals surface area contributed by atoms with E-state index in [1.807, 2.05) is 0 Å². The van der Waals surface area contributed by atoms with Gasteiger partial charge in [-0.1, -0.05) is 24.3 Å². The molecule has 168 valence electrons. The molecule has 0 radical (unpaired) electrons. The van der Waals surface area contributed by atoms with Crippen LogP contribution in [-0.4, -0.2) is 37.1 Å². The third kappa shape index (κ3) is 5.98. The van der Waals surface area contributed by atoms with E-state index in [9.17, 15) is 19.5 Å². The predicted molar refractivity (Wildman–Crippen MR) is 123 cm³/mol. The fourth-order valence-corrected chi connectivity index (χ4v) is 2.93. The lowest BCUT2D eigenvalue weighted by Crippen LogP contribution is -2.31. The number of methoxy groups -OCH3 is 2. The van der Waals surface area contributed by atoms with Crippen molar-refractivity contribution in [1.29, 1.82) is 0 Å². The molecule has 8 nitrogen and oxygen atoms in total. The first kappa shape index (κ1) is 23.1. The Kier molecular flexibility index (Phi) is 7.43. The van der Waals surface area contributed by atoms with Gasteiger partial charge in [-0.3, -0.25) is 9.59 Å². The summed E-state index contributed by atoms with van der Waals surface area (Å²) in [7, 11) is 3.06. The number of carboxylic acids is 1. The number of benzene rings is 3. The lowest BCUT2D eigenvalue weighted by Gasteiger charge is -2.13. The zero-order chi connectivity index (χ0) is 23.8. The van der Waals surface area contributed by atoms with Gasteiger partial charge in [-0.2, -0.15) is 0 Å². The van der Waals surface area contributed by atoms with Gasteiger partial charge in [0.1, 0.15) is 17.2 Å². The van der Waals surface area contributed by atoms with Crippen molar-refractivity contribution < 1.29 is 29.0 Å². The molecule has 0 heterocycles. The number of nitrogens with one attached hydrogen (secondary N) is 2. The summed E-state index contributed by atoms with van der Waals surface area (Å²) in [5.74, 6) is -1.16. The molecule has 0 aliphatic carbocycles. The number of carbonyl (C=O) groups is 3. The molecule has 3 rings (SSSR count). The van der Waals surface area contributed by atoms with Crippen molar-refractivity contribution in [3.8, 4) is 11.5 Å². The first-order valence-electron chi connectivity index (χ1n) is 9.86. The van der Waals surface area contributed by atoms with Gasteiger partial charge in [0.15, 0.2) is 0 Å². The third-order valence-corrected chi connectivity index (χ3v) is 4.68. The standard InChI is InChI=1S/C25H22N2O6/c1-32-18-11-7-16(8-12-18)15-22(27-23(28)17-9-13-19(33-2)14-10-17)24(29)26-21-6-4-3-5-20(21)25(30)31/h3-15H,1-2H3,(H,26,29)(H,27,28)(H,30,31)/b22-15-. The number of ether oxygens (including phenoxy) is 2. The number of carboxylic acid groups (broad SMARTS) is 1. The third-order valence-electron chi connectivity index (χ3n) is 4.68. The van der Waals surface area contributed by atoms with Crippen LogP contribution in [0.4, 0.5) is 5.69 Å². The van der Waals surface area contributed by atoms with Crippen molar-refractivity contribution in [3.63, 3.8) is 0 Å². The zero-order valence-electron chi connectivity index (χ0n) is 18.0. The summed E-state index contributed by atoms with van der Waals surface area (Å²) in [6.07, 6.45) is 1.49. The maximum Gasteiger partial charge on any atom is 0.337 e. The average Bonchev–Trinajstić information content (AvgIpc) is 2.84. The van der Waals surface area contributed by atoms with E-state index in [0.29, 0.717) is 22.6 Å². The molecule has 3 N–H and O–H groups in total. The summed E-state index contributed by atoms with van der Waals surface area (Å²) in [5, 5.41) is 14.6. The number of para-hydroxylation sites is 1. The second-order valence-electron chi connectivity index (χ2n) is 6.82. The van der Waals surface area contributed by atoms with Gasteiger partial charge in [0.25, 0.3) is 11.8 Å². The Morgan fingerprint density at radius 1 is 0.818 bits per heavy atom. The van der Waals surface area contributed by atoms with Gasteiger partial charge in [-0.05, 0) is 60.2 Å². The van der Waals surface area contributed by atoms with Gasteiger partial charge in [0.2, 0.25) is 0 Å². The van der Waals surface area contributed by atoms with E-state index in [-0.39, 0.29) is 16.9 Å². The number of anilines is 1. The highest BCUT2D eigenvalue weighted by Crippen LogP contribution is 2.18. The van der Waals surface area contributed by atoms with Crippen LogP contribution >= 0.6 is 0 Å². The highest BCUT2D eigenvalue weighted by atomic mass is 16.5. The van der Waals surface area contributed by atoms with Crippen LogP contribution in [0.15, 0.2) is 78.5 Å². The molecule has 3 aromatic carbocycles. The van der Waals surface area contributed by atoms with Crippen LogP contribution in [0.3, 0.4) is 0 Å². The van der Waals surface area contributed by atoms with Gasteiger partial charge in [0.05, 0.1) is 25.5 Å². The van der Waals surface area contributed by atoms with Crippen LogP contribution in [-0.2, 0) is 4.79 Å². The molecule has 0 aliphatic rings. The van der Waals surface area contributed by atoms with Crippen LogP contribution in [0, 0.1) is 0 Å². The van der Waals surface area contributed by atoms with Gasteiger partial charge >= 0.3 is 5.97 Å². The lowest BCUT2D eigenvalue weighted by atomic mass is 10.1. The second-order valence-corrected chi connectivity index (χ2v) is 6.82. The van der Waals surface area contributed by atoms with E-state index >= 15 is 0 Å². The molecule has 0 fully saturated rings. The van der Waals surface area contributed by atoms with Gasteiger partial charge in [-0.25, -0.2) is 4.79 Å². The largest absolute Gasteiger partial charge is 0.497 e. The van der Waals surface area contributed by atoms with E-state index in [1.54, 1.807) is 67.8 Å². The molecular formula is C25H22N2O6. The van der Waals surface area contributed by atoms with Crippen LogP contribution in [0.25, 0.3) is 6.08 Å². The summed E-state index contributed by atoms with van der Waals surface area (Å²) < 4.78 is 10.2. The molecule has 0 aromatic heterocycles. The van der Waals surface area contributed by atoms with Crippen molar-refractivity contribution in [3.05, 3.63) is 95.2 Å². The quantitative estimate of drug-likeness (QED) is 0.454. The Balaban J connectivity index is 1.91. The topological polar surface area (TPSA) is 114 Å². The summed E-state index contributed by atoms with van der Waals surface area (Å²) in [5.41, 5.74) is 0.907. The predicted octanol–water partition coefficient (Wildman–Crippen LogP) is 3.81. The molecule has 0 saturated heterocycles. The summed E-state index contributed by atoms with van der Waals surface area (Å²) in [6, 6.07) is 19.3. The molecule has 0 bridgehead atoms. The first-order chi connectivity index (χ1) is 15.9. The SMILES string of the molecule is COc1ccc(/C=C(\NC(=O)c2ccc(OC)cc2)C(=O)Nc2ccccc2C(=O)O)cc1. The van der Waals surface area contributed by atoms with Crippen molar-refractivity contribution in [2.24, 2.45) is 0 Å². The number of amides is 2. The maximum atomic E-state index is 13.1. The molecule has 3 aromatic rings. The van der Waals surface area contributed by atoms with E-state index in [1.165, 1.54) is 25.3 Å². The first-order valence-corrected chi connectivity index (χ1v) is 9.86. The number of rotatable bonds is 8. The van der Waals surface area contributed by atoms with Crippen LogP contribution in [0.1, 0.15) is 26.3 Å². The Hall–Kier alpha value is -4.59. The molecule has 0 unspecified atom stereocenters. The summed E-state index contributed by atoms with van der Waals surface area (Å²) in [4.78, 5) is 37.3. The van der Waals surface area contributed by atoms with Crippen LogP contribution < -0.4 is 20.1 Å². The monoisotopic (exact) mass is 446 g/mol. The number of carbonyl (C=O) groups excluding carboxylic acids is 2. The van der Waals surface area contributed by atoms with Gasteiger partial charge < -0.3 is 25.2 Å². The van der Waals surface area contributed by atoms with Crippen molar-refractivity contribution in [2.75, 3.05) is 19.5 Å².